The van der Waals surface area contributed by atoms with Crippen LogP contribution in [0.5, 0.6) is 0 Å². The number of nitrogens with zero attached hydrogens (tertiary/aromatic N) is 3. The van der Waals surface area contributed by atoms with Crippen LogP contribution in [0.4, 0.5) is 19.0 Å². The summed E-state index contributed by atoms with van der Waals surface area (Å²) in [6.07, 6.45) is -1.17. The molecule has 1 fully saturated rings. The fourth-order valence-electron chi connectivity index (χ4n) is 2.20. The van der Waals surface area contributed by atoms with Gasteiger partial charge in [-0.2, -0.15) is 13.2 Å². The second kappa shape index (κ2) is 5.12. The van der Waals surface area contributed by atoms with Crippen LogP contribution in [0.15, 0.2) is 12.4 Å². The van der Waals surface area contributed by atoms with E-state index in [0.29, 0.717) is 18.8 Å². The first-order valence-electron chi connectivity index (χ1n) is 6.13. The minimum atomic E-state index is -4.11. The molecule has 1 unspecified atom stereocenters. The summed E-state index contributed by atoms with van der Waals surface area (Å²) in [5.74, 6) is -0.637. The maximum atomic E-state index is 12.7. The molecule has 18 heavy (non-hydrogen) atoms. The molecule has 1 aliphatic rings. The second-order valence-corrected chi connectivity index (χ2v) is 4.55. The molecular formula is C12H16F3N3. The third kappa shape index (κ3) is 2.91. The molecule has 1 aromatic heterocycles. The van der Waals surface area contributed by atoms with Crippen molar-refractivity contribution in [3.8, 4) is 0 Å². The highest BCUT2D eigenvalue weighted by molar-refractivity contribution is 5.39. The maximum Gasteiger partial charge on any atom is 0.393 e. The average molecular weight is 259 g/mol. The topological polar surface area (TPSA) is 29.0 Å². The van der Waals surface area contributed by atoms with Crippen LogP contribution in [0, 0.1) is 5.92 Å². The Morgan fingerprint density at radius 3 is 2.83 bits per heavy atom. The van der Waals surface area contributed by atoms with Crippen molar-refractivity contribution in [1.29, 1.82) is 0 Å². The number of halogens is 3. The first kappa shape index (κ1) is 13.1. The number of aryl methyl sites for hydroxylation is 1. The summed E-state index contributed by atoms with van der Waals surface area (Å²) in [6, 6.07) is 1.78. The predicted octanol–water partition coefficient (Wildman–Crippen LogP) is 2.82. The van der Waals surface area contributed by atoms with Gasteiger partial charge < -0.3 is 4.90 Å². The van der Waals surface area contributed by atoms with Crippen molar-refractivity contribution in [2.45, 2.75) is 32.4 Å². The predicted molar refractivity (Wildman–Crippen MR) is 62.4 cm³/mol. The van der Waals surface area contributed by atoms with Crippen LogP contribution in [0.25, 0.3) is 0 Å². The van der Waals surface area contributed by atoms with Gasteiger partial charge in [-0.05, 0) is 19.3 Å². The van der Waals surface area contributed by atoms with E-state index in [1.807, 2.05) is 6.92 Å². The molecule has 2 rings (SSSR count). The quantitative estimate of drug-likeness (QED) is 0.817. The van der Waals surface area contributed by atoms with E-state index in [-0.39, 0.29) is 13.0 Å². The zero-order valence-electron chi connectivity index (χ0n) is 10.2. The molecule has 0 aliphatic carbocycles. The highest BCUT2D eigenvalue weighted by atomic mass is 19.4. The van der Waals surface area contributed by atoms with Gasteiger partial charge in [-0.25, -0.2) is 9.97 Å². The largest absolute Gasteiger partial charge is 0.393 e. The summed E-state index contributed by atoms with van der Waals surface area (Å²) >= 11 is 0. The van der Waals surface area contributed by atoms with Gasteiger partial charge in [-0.15, -0.1) is 0 Å². The van der Waals surface area contributed by atoms with Gasteiger partial charge in [-0.3, -0.25) is 0 Å². The van der Waals surface area contributed by atoms with Crippen LogP contribution in [0.2, 0.25) is 0 Å². The van der Waals surface area contributed by atoms with Gasteiger partial charge in [0, 0.05) is 24.8 Å². The summed E-state index contributed by atoms with van der Waals surface area (Å²) in [6.45, 7) is 2.59. The Morgan fingerprint density at radius 1 is 1.39 bits per heavy atom. The number of aromatic nitrogens is 2. The molecule has 1 aliphatic heterocycles. The molecule has 3 nitrogen and oxygen atoms in total. The number of piperidine rings is 1. The number of rotatable bonds is 2. The van der Waals surface area contributed by atoms with Crippen LogP contribution in [0.1, 0.15) is 25.5 Å². The molecule has 0 aromatic carbocycles. The lowest BCUT2D eigenvalue weighted by molar-refractivity contribution is -0.176. The van der Waals surface area contributed by atoms with E-state index >= 15 is 0 Å². The standard InChI is InChI=1S/C12H16F3N3/c1-2-10-6-11(17-8-16-10)18-5-3-4-9(7-18)12(13,14)15/h6,8-9H,2-5,7H2,1H3. The van der Waals surface area contributed by atoms with Crippen molar-refractivity contribution in [3.05, 3.63) is 18.1 Å². The highest BCUT2D eigenvalue weighted by Gasteiger charge is 2.42. The molecule has 1 saturated heterocycles. The molecule has 6 heteroatoms. The van der Waals surface area contributed by atoms with E-state index in [1.54, 1.807) is 11.0 Å². The number of hydrogen-bond acceptors (Lipinski definition) is 3. The van der Waals surface area contributed by atoms with Crippen LogP contribution < -0.4 is 4.90 Å². The SMILES string of the molecule is CCc1cc(N2CCCC(C(F)(F)F)C2)ncn1. The molecule has 0 bridgehead atoms. The Hall–Kier alpha value is -1.33. The van der Waals surface area contributed by atoms with Crippen molar-refractivity contribution in [2.24, 2.45) is 5.92 Å². The minimum Gasteiger partial charge on any atom is -0.356 e. The summed E-state index contributed by atoms with van der Waals surface area (Å²) in [4.78, 5) is 9.85. The van der Waals surface area contributed by atoms with Crippen LogP contribution >= 0.6 is 0 Å². The van der Waals surface area contributed by atoms with Gasteiger partial charge in [0.15, 0.2) is 0 Å². The second-order valence-electron chi connectivity index (χ2n) is 4.55. The average Bonchev–Trinajstić information content (AvgIpc) is 2.38. The Morgan fingerprint density at radius 2 is 2.17 bits per heavy atom. The van der Waals surface area contributed by atoms with Crippen molar-refractivity contribution < 1.29 is 13.2 Å². The van der Waals surface area contributed by atoms with E-state index in [9.17, 15) is 13.2 Å². The van der Waals surface area contributed by atoms with Gasteiger partial charge in [0.25, 0.3) is 0 Å². The lowest BCUT2D eigenvalue weighted by Gasteiger charge is -2.34. The molecule has 1 aromatic rings. The van der Waals surface area contributed by atoms with Crippen molar-refractivity contribution in [1.82, 2.24) is 9.97 Å². The Bertz CT molecular complexity index is 406. The van der Waals surface area contributed by atoms with Crippen LogP contribution in [-0.2, 0) is 6.42 Å². The molecule has 2 heterocycles. The number of anilines is 1. The van der Waals surface area contributed by atoms with Gasteiger partial charge in [-0.1, -0.05) is 6.92 Å². The summed E-state index contributed by atoms with van der Waals surface area (Å²) in [5.41, 5.74) is 0.856. The summed E-state index contributed by atoms with van der Waals surface area (Å²) in [7, 11) is 0. The van der Waals surface area contributed by atoms with Gasteiger partial charge in [0.05, 0.1) is 5.92 Å². The molecule has 0 amide bonds. The molecule has 0 radical (unpaired) electrons. The zero-order valence-corrected chi connectivity index (χ0v) is 10.2. The van der Waals surface area contributed by atoms with Gasteiger partial charge >= 0.3 is 6.18 Å². The Labute approximate surface area is 104 Å². The maximum absolute atomic E-state index is 12.7. The van der Waals surface area contributed by atoms with E-state index in [1.165, 1.54) is 6.33 Å². The third-order valence-corrected chi connectivity index (χ3v) is 3.28. The minimum absolute atomic E-state index is 0.00364. The molecule has 100 valence electrons. The van der Waals surface area contributed by atoms with E-state index in [0.717, 1.165) is 12.1 Å². The Balaban J connectivity index is 2.13. The van der Waals surface area contributed by atoms with Gasteiger partial charge in [0.2, 0.25) is 0 Å². The van der Waals surface area contributed by atoms with Gasteiger partial charge in [0.1, 0.15) is 12.1 Å². The first-order valence-corrected chi connectivity index (χ1v) is 6.13. The number of hydrogen-bond donors (Lipinski definition) is 0. The van der Waals surface area contributed by atoms with E-state index < -0.39 is 12.1 Å². The normalized spacial score (nSPS) is 21.1. The van der Waals surface area contributed by atoms with Crippen molar-refractivity contribution >= 4 is 5.82 Å². The lowest BCUT2D eigenvalue weighted by atomic mass is 9.97. The smallest absolute Gasteiger partial charge is 0.356 e. The first-order chi connectivity index (χ1) is 8.50. The van der Waals surface area contributed by atoms with Crippen molar-refractivity contribution in [3.63, 3.8) is 0 Å². The molecule has 0 N–H and O–H groups in total. The summed E-state index contributed by atoms with van der Waals surface area (Å²) < 4.78 is 38.1. The molecule has 0 spiro atoms. The van der Waals surface area contributed by atoms with E-state index in [4.69, 9.17) is 0 Å². The van der Waals surface area contributed by atoms with E-state index in [2.05, 4.69) is 9.97 Å². The molecule has 0 saturated carbocycles. The van der Waals surface area contributed by atoms with Crippen molar-refractivity contribution in [2.75, 3.05) is 18.0 Å². The zero-order chi connectivity index (χ0) is 13.2. The third-order valence-electron chi connectivity index (χ3n) is 3.28. The molecule has 1 atom stereocenters. The Kier molecular flexibility index (Phi) is 3.73. The summed E-state index contributed by atoms with van der Waals surface area (Å²) in [5, 5.41) is 0. The monoisotopic (exact) mass is 259 g/mol. The number of alkyl halides is 3. The molecular weight excluding hydrogens is 243 g/mol. The fourth-order valence-corrected chi connectivity index (χ4v) is 2.20. The lowest BCUT2D eigenvalue weighted by Crippen LogP contribution is -2.42. The van der Waals surface area contributed by atoms with Crippen LogP contribution in [0.3, 0.4) is 0 Å². The van der Waals surface area contributed by atoms with Crippen LogP contribution in [-0.4, -0.2) is 29.2 Å². The highest BCUT2D eigenvalue weighted by Crippen LogP contribution is 2.34. The fraction of sp³-hybridized carbons (Fsp3) is 0.667.